The smallest absolute Gasteiger partial charge is 0.246 e. The number of aliphatic hydroxyl groups is 1. The lowest BCUT2D eigenvalue weighted by molar-refractivity contribution is -0.129. The van der Waals surface area contributed by atoms with Gasteiger partial charge in [0.1, 0.15) is 6.10 Å². The van der Waals surface area contributed by atoms with E-state index in [1.54, 1.807) is 0 Å². The van der Waals surface area contributed by atoms with Gasteiger partial charge in [-0.3, -0.25) is 9.69 Å². The summed E-state index contributed by atoms with van der Waals surface area (Å²) in [7, 11) is 0. The normalized spacial score (nSPS) is 20.1. The highest BCUT2D eigenvalue weighted by atomic mass is 35.5. The van der Waals surface area contributed by atoms with Crippen LogP contribution in [0, 0.1) is 5.92 Å². The van der Waals surface area contributed by atoms with E-state index in [1.807, 2.05) is 12.1 Å². The summed E-state index contributed by atoms with van der Waals surface area (Å²) in [5.74, 6) is -0.625. The number of benzene rings is 1. The number of likely N-dealkylation sites (tertiary alicyclic amines) is 1. The van der Waals surface area contributed by atoms with Crippen molar-refractivity contribution in [2.24, 2.45) is 11.7 Å². The second-order valence-corrected chi connectivity index (χ2v) is 6.13. The van der Waals surface area contributed by atoms with Gasteiger partial charge < -0.3 is 10.8 Å². The molecule has 1 aliphatic heterocycles. The minimum absolute atomic E-state index is 0.0125. The van der Waals surface area contributed by atoms with Gasteiger partial charge in [0.2, 0.25) is 5.91 Å². The van der Waals surface area contributed by atoms with Gasteiger partial charge in [-0.2, -0.15) is 0 Å². The topological polar surface area (TPSA) is 66.6 Å². The van der Waals surface area contributed by atoms with Crippen LogP contribution in [0.2, 0.25) is 5.02 Å². The third-order valence-corrected chi connectivity index (χ3v) is 4.65. The molecule has 1 aromatic rings. The Kier molecular flexibility index (Phi) is 5.62. The molecule has 0 aliphatic carbocycles. The average Bonchev–Trinajstić information content (AvgIpc) is 2.50. The van der Waals surface area contributed by atoms with Crippen LogP contribution in [0.25, 0.3) is 0 Å². The predicted octanol–water partition coefficient (Wildman–Crippen LogP) is 2.35. The van der Waals surface area contributed by atoms with E-state index >= 15 is 0 Å². The van der Waals surface area contributed by atoms with E-state index in [2.05, 4.69) is 24.0 Å². The van der Waals surface area contributed by atoms with E-state index in [4.69, 9.17) is 17.3 Å². The van der Waals surface area contributed by atoms with Gasteiger partial charge in [-0.1, -0.05) is 30.7 Å². The van der Waals surface area contributed by atoms with Crippen molar-refractivity contribution < 1.29 is 9.90 Å². The monoisotopic (exact) mass is 310 g/mol. The first kappa shape index (κ1) is 16.3. The standard InChI is InChI=1S/C16H23ClN2O2/c1-2-14(11-3-5-13(17)6-4-11)19-9-7-12(8-10-19)15(20)16(18)21/h3-6,12,14-15,20H,2,7-10H2,1H3,(H2,18,21). The van der Waals surface area contributed by atoms with E-state index < -0.39 is 12.0 Å². The summed E-state index contributed by atoms with van der Waals surface area (Å²) >= 11 is 5.94. The number of hydrogen-bond acceptors (Lipinski definition) is 3. The number of rotatable bonds is 5. The molecule has 1 amide bonds. The number of amides is 1. The number of primary amides is 1. The molecule has 0 spiro atoms. The van der Waals surface area contributed by atoms with Crippen molar-refractivity contribution in [3.63, 3.8) is 0 Å². The molecule has 4 nitrogen and oxygen atoms in total. The molecule has 2 rings (SSSR count). The van der Waals surface area contributed by atoms with Crippen LogP contribution in [0.3, 0.4) is 0 Å². The molecule has 3 N–H and O–H groups in total. The Morgan fingerprint density at radius 1 is 1.38 bits per heavy atom. The molecule has 1 aromatic carbocycles. The Balaban J connectivity index is 1.99. The Labute approximate surface area is 130 Å². The lowest BCUT2D eigenvalue weighted by Crippen LogP contribution is -2.43. The molecule has 0 bridgehead atoms. The number of aliphatic hydroxyl groups excluding tert-OH is 1. The number of piperidine rings is 1. The molecule has 21 heavy (non-hydrogen) atoms. The van der Waals surface area contributed by atoms with Crippen LogP contribution in [0.15, 0.2) is 24.3 Å². The number of halogens is 1. The van der Waals surface area contributed by atoms with Crippen LogP contribution in [-0.2, 0) is 4.79 Å². The molecule has 1 saturated heterocycles. The van der Waals surface area contributed by atoms with Crippen molar-refractivity contribution in [1.82, 2.24) is 4.90 Å². The first-order chi connectivity index (χ1) is 10.0. The SMILES string of the molecule is CCC(c1ccc(Cl)cc1)N1CCC(C(O)C(N)=O)CC1. The molecule has 0 saturated carbocycles. The Morgan fingerprint density at radius 3 is 2.43 bits per heavy atom. The predicted molar refractivity (Wildman–Crippen MR) is 84.0 cm³/mol. The highest BCUT2D eigenvalue weighted by Crippen LogP contribution is 2.30. The minimum atomic E-state index is -1.01. The maximum Gasteiger partial charge on any atom is 0.246 e. The fraction of sp³-hybridized carbons (Fsp3) is 0.562. The molecule has 1 fully saturated rings. The van der Waals surface area contributed by atoms with Gasteiger partial charge in [0.25, 0.3) is 0 Å². The van der Waals surface area contributed by atoms with Gasteiger partial charge in [-0.05, 0) is 56.0 Å². The lowest BCUT2D eigenvalue weighted by Gasteiger charge is -2.38. The lowest BCUT2D eigenvalue weighted by atomic mass is 9.89. The molecule has 1 heterocycles. The molecule has 116 valence electrons. The molecule has 0 radical (unpaired) electrons. The Hall–Kier alpha value is -1.10. The summed E-state index contributed by atoms with van der Waals surface area (Å²) in [5, 5.41) is 10.5. The summed E-state index contributed by atoms with van der Waals surface area (Å²) in [6, 6.07) is 8.34. The van der Waals surface area contributed by atoms with Gasteiger partial charge in [0.05, 0.1) is 0 Å². The van der Waals surface area contributed by atoms with Crippen LogP contribution < -0.4 is 5.73 Å². The van der Waals surface area contributed by atoms with Gasteiger partial charge >= 0.3 is 0 Å². The van der Waals surface area contributed by atoms with Crippen molar-refractivity contribution in [3.8, 4) is 0 Å². The van der Waals surface area contributed by atoms with Crippen molar-refractivity contribution in [2.45, 2.75) is 38.3 Å². The Morgan fingerprint density at radius 2 is 1.95 bits per heavy atom. The maximum atomic E-state index is 11.1. The summed E-state index contributed by atoms with van der Waals surface area (Å²) in [5.41, 5.74) is 6.44. The van der Waals surface area contributed by atoms with Crippen molar-refractivity contribution in [1.29, 1.82) is 0 Å². The number of nitrogens with zero attached hydrogens (tertiary/aromatic N) is 1. The van der Waals surface area contributed by atoms with E-state index in [0.717, 1.165) is 37.4 Å². The Bertz CT molecular complexity index is 470. The van der Waals surface area contributed by atoms with Crippen molar-refractivity contribution >= 4 is 17.5 Å². The van der Waals surface area contributed by atoms with Gasteiger partial charge in [0, 0.05) is 11.1 Å². The van der Waals surface area contributed by atoms with Gasteiger partial charge in [-0.15, -0.1) is 0 Å². The number of carbonyl (C=O) groups is 1. The molecule has 1 aliphatic rings. The molecular weight excluding hydrogens is 288 g/mol. The van der Waals surface area contributed by atoms with Gasteiger partial charge in [-0.25, -0.2) is 0 Å². The third kappa shape index (κ3) is 3.96. The van der Waals surface area contributed by atoms with E-state index in [-0.39, 0.29) is 5.92 Å². The van der Waals surface area contributed by atoms with Crippen LogP contribution in [-0.4, -0.2) is 35.1 Å². The summed E-state index contributed by atoms with van der Waals surface area (Å²) in [6.45, 7) is 3.91. The van der Waals surface area contributed by atoms with Crippen LogP contribution in [0.5, 0.6) is 0 Å². The fourth-order valence-electron chi connectivity index (χ4n) is 3.17. The number of nitrogens with two attached hydrogens (primary N) is 1. The summed E-state index contributed by atoms with van der Waals surface area (Å²) < 4.78 is 0. The van der Waals surface area contributed by atoms with E-state index in [9.17, 15) is 9.90 Å². The van der Waals surface area contributed by atoms with Crippen molar-refractivity contribution in [2.75, 3.05) is 13.1 Å². The molecular formula is C16H23ClN2O2. The third-order valence-electron chi connectivity index (χ3n) is 4.39. The molecule has 2 atom stereocenters. The molecule has 5 heteroatoms. The van der Waals surface area contributed by atoms with Crippen LogP contribution in [0.1, 0.15) is 37.8 Å². The quantitative estimate of drug-likeness (QED) is 0.877. The largest absolute Gasteiger partial charge is 0.383 e. The van der Waals surface area contributed by atoms with E-state index in [0.29, 0.717) is 6.04 Å². The molecule has 0 aromatic heterocycles. The van der Waals surface area contributed by atoms with Crippen LogP contribution in [0.4, 0.5) is 0 Å². The zero-order valence-corrected chi connectivity index (χ0v) is 13.1. The number of carbonyl (C=O) groups excluding carboxylic acids is 1. The van der Waals surface area contributed by atoms with Crippen LogP contribution >= 0.6 is 11.6 Å². The highest BCUT2D eigenvalue weighted by Gasteiger charge is 2.30. The second kappa shape index (κ2) is 7.25. The van der Waals surface area contributed by atoms with E-state index in [1.165, 1.54) is 5.56 Å². The van der Waals surface area contributed by atoms with Gasteiger partial charge in [0.15, 0.2) is 0 Å². The summed E-state index contributed by atoms with van der Waals surface area (Å²) in [6.07, 6.45) is 1.61. The molecule has 2 unspecified atom stereocenters. The fourth-order valence-corrected chi connectivity index (χ4v) is 3.29. The highest BCUT2D eigenvalue weighted by molar-refractivity contribution is 6.30. The second-order valence-electron chi connectivity index (χ2n) is 5.70. The first-order valence-corrected chi connectivity index (χ1v) is 7.87. The minimum Gasteiger partial charge on any atom is -0.383 e. The average molecular weight is 311 g/mol. The summed E-state index contributed by atoms with van der Waals surface area (Å²) in [4.78, 5) is 13.5. The zero-order valence-electron chi connectivity index (χ0n) is 12.3. The maximum absolute atomic E-state index is 11.1. The van der Waals surface area contributed by atoms with Crippen molar-refractivity contribution in [3.05, 3.63) is 34.9 Å². The number of hydrogen-bond donors (Lipinski definition) is 2. The zero-order chi connectivity index (χ0) is 15.4. The first-order valence-electron chi connectivity index (χ1n) is 7.49.